The van der Waals surface area contributed by atoms with E-state index in [2.05, 4.69) is 21.2 Å². The van der Waals surface area contributed by atoms with E-state index in [1.807, 2.05) is 0 Å². The Morgan fingerprint density at radius 3 is 2.46 bits per heavy atom. The van der Waals surface area contributed by atoms with Gasteiger partial charge in [-0.1, -0.05) is 29.8 Å². The molecule has 3 N–H and O–H groups in total. The monoisotopic (exact) mass is 654 g/mol. The summed E-state index contributed by atoms with van der Waals surface area (Å²) < 4.78 is 40.6. The van der Waals surface area contributed by atoms with Crippen molar-refractivity contribution < 1.29 is 42.5 Å². The Morgan fingerprint density at radius 1 is 1.02 bits per heavy atom. The fourth-order valence-electron chi connectivity index (χ4n) is 4.45. The molecule has 46 heavy (non-hydrogen) atoms. The molecule has 1 atom stereocenters. The predicted octanol–water partition coefficient (Wildman–Crippen LogP) is 4.80. The lowest BCUT2D eigenvalue weighted by Gasteiger charge is -2.28. The van der Waals surface area contributed by atoms with Gasteiger partial charge in [0.25, 0.3) is 5.91 Å². The summed E-state index contributed by atoms with van der Waals surface area (Å²) >= 11 is 6.41. The molecule has 0 aromatic heterocycles. The van der Waals surface area contributed by atoms with Gasteiger partial charge in [-0.15, -0.1) is 0 Å². The van der Waals surface area contributed by atoms with Crippen LogP contribution < -0.4 is 35.0 Å². The number of amides is 3. The SMILES string of the molecule is CCOC(=O)C1=C(C)NC(=O)N[C@H]1c1ccc(OCC(=O)N/N=C\c2cc(Cl)c(OCc3ccc(F)cc3)c(OC)c2)c(OC)c1. The number of carbonyl (C=O) groups is 3. The third kappa shape index (κ3) is 8.45. The van der Waals surface area contributed by atoms with Gasteiger partial charge in [-0.3, -0.25) is 4.79 Å². The summed E-state index contributed by atoms with van der Waals surface area (Å²) in [5.41, 5.74) is 4.80. The first kappa shape index (κ1) is 33.6. The van der Waals surface area contributed by atoms with E-state index in [1.165, 1.54) is 32.6 Å². The number of halogens is 2. The van der Waals surface area contributed by atoms with Crippen LogP contribution in [0, 0.1) is 5.82 Å². The summed E-state index contributed by atoms with van der Waals surface area (Å²) in [5, 5.41) is 9.50. The van der Waals surface area contributed by atoms with Gasteiger partial charge in [0.15, 0.2) is 29.6 Å². The lowest BCUT2D eigenvalue weighted by molar-refractivity contribution is -0.139. The van der Waals surface area contributed by atoms with Gasteiger partial charge in [-0.05, 0) is 66.9 Å². The third-order valence-corrected chi connectivity index (χ3v) is 6.88. The molecule has 4 rings (SSSR count). The van der Waals surface area contributed by atoms with Crippen molar-refractivity contribution in [1.82, 2.24) is 16.1 Å². The zero-order valence-electron chi connectivity index (χ0n) is 25.4. The number of methoxy groups -OCH3 is 2. The number of hydrogen-bond acceptors (Lipinski definition) is 9. The molecule has 0 aliphatic carbocycles. The number of allylic oxidation sites excluding steroid dienone is 1. The summed E-state index contributed by atoms with van der Waals surface area (Å²) in [6.45, 7) is 3.22. The molecule has 3 amide bonds. The van der Waals surface area contributed by atoms with Crippen molar-refractivity contribution in [1.29, 1.82) is 0 Å². The number of urea groups is 1. The zero-order valence-corrected chi connectivity index (χ0v) is 26.2. The molecule has 3 aromatic carbocycles. The number of rotatable bonds is 13. The molecule has 1 aliphatic rings. The van der Waals surface area contributed by atoms with E-state index < -0.39 is 30.6 Å². The molecular weight excluding hydrogens is 623 g/mol. The van der Waals surface area contributed by atoms with E-state index in [4.69, 9.17) is 35.3 Å². The number of hydrogen-bond donors (Lipinski definition) is 3. The Labute approximate surface area is 269 Å². The molecule has 0 spiro atoms. The molecule has 0 bridgehead atoms. The second-order valence-corrected chi connectivity index (χ2v) is 10.1. The molecule has 12 nitrogen and oxygen atoms in total. The van der Waals surface area contributed by atoms with Crippen LogP contribution in [0.2, 0.25) is 5.02 Å². The fourth-order valence-corrected chi connectivity index (χ4v) is 4.72. The van der Waals surface area contributed by atoms with E-state index in [-0.39, 0.29) is 41.1 Å². The van der Waals surface area contributed by atoms with E-state index in [9.17, 15) is 18.8 Å². The summed E-state index contributed by atoms with van der Waals surface area (Å²) in [6.07, 6.45) is 1.37. The average Bonchev–Trinajstić information content (AvgIpc) is 3.03. The first-order valence-corrected chi connectivity index (χ1v) is 14.3. The molecule has 3 aromatic rings. The van der Waals surface area contributed by atoms with Crippen LogP contribution in [-0.2, 0) is 20.9 Å². The summed E-state index contributed by atoms with van der Waals surface area (Å²) in [4.78, 5) is 37.2. The average molecular weight is 655 g/mol. The van der Waals surface area contributed by atoms with Crippen LogP contribution in [-0.4, -0.2) is 51.6 Å². The molecule has 1 aliphatic heterocycles. The Kier molecular flexibility index (Phi) is 11.4. The zero-order chi connectivity index (χ0) is 33.2. The van der Waals surface area contributed by atoms with Gasteiger partial charge < -0.3 is 34.3 Å². The Balaban J connectivity index is 1.37. The van der Waals surface area contributed by atoms with Gasteiger partial charge in [0.2, 0.25) is 0 Å². The Bertz CT molecular complexity index is 1660. The highest BCUT2D eigenvalue weighted by Crippen LogP contribution is 2.37. The van der Waals surface area contributed by atoms with Crippen LogP contribution >= 0.6 is 11.6 Å². The maximum absolute atomic E-state index is 13.2. The molecule has 0 saturated carbocycles. The number of nitrogens with one attached hydrogen (secondary N) is 3. The van der Waals surface area contributed by atoms with Crippen molar-refractivity contribution in [2.24, 2.45) is 5.10 Å². The van der Waals surface area contributed by atoms with E-state index in [0.717, 1.165) is 5.56 Å². The van der Waals surface area contributed by atoms with Crippen LogP contribution in [0.25, 0.3) is 0 Å². The molecule has 0 radical (unpaired) electrons. The van der Waals surface area contributed by atoms with Crippen molar-refractivity contribution in [3.05, 3.63) is 93.4 Å². The van der Waals surface area contributed by atoms with Crippen LogP contribution in [0.1, 0.15) is 36.6 Å². The quantitative estimate of drug-likeness (QED) is 0.135. The molecule has 0 saturated heterocycles. The first-order chi connectivity index (χ1) is 22.1. The van der Waals surface area contributed by atoms with E-state index in [0.29, 0.717) is 28.3 Å². The number of hydrazone groups is 1. The maximum Gasteiger partial charge on any atom is 0.338 e. The maximum atomic E-state index is 13.2. The lowest BCUT2D eigenvalue weighted by atomic mass is 9.95. The van der Waals surface area contributed by atoms with Crippen molar-refractivity contribution in [2.45, 2.75) is 26.5 Å². The highest BCUT2D eigenvalue weighted by Gasteiger charge is 2.32. The first-order valence-electron chi connectivity index (χ1n) is 14.0. The van der Waals surface area contributed by atoms with Gasteiger partial charge in [0, 0.05) is 5.70 Å². The molecule has 0 fully saturated rings. The summed E-state index contributed by atoms with van der Waals surface area (Å²) in [7, 11) is 2.87. The van der Waals surface area contributed by atoms with Crippen molar-refractivity contribution in [3.63, 3.8) is 0 Å². The normalized spacial score (nSPS) is 14.3. The second kappa shape index (κ2) is 15.6. The minimum absolute atomic E-state index is 0.146. The topological polar surface area (TPSA) is 146 Å². The number of carbonyl (C=O) groups excluding carboxylic acids is 3. The lowest BCUT2D eigenvalue weighted by Crippen LogP contribution is -2.45. The van der Waals surface area contributed by atoms with Gasteiger partial charge in [-0.25, -0.2) is 19.4 Å². The fraction of sp³-hybridized carbons (Fsp3) is 0.250. The summed E-state index contributed by atoms with van der Waals surface area (Å²) in [5.74, 6) is -0.323. The van der Waals surface area contributed by atoms with E-state index >= 15 is 0 Å². The van der Waals surface area contributed by atoms with Crippen molar-refractivity contribution in [2.75, 3.05) is 27.4 Å². The standard InChI is InChI=1S/C32H32ClFN4O8/c1-5-44-31(40)28-18(2)36-32(41)37-29(28)21-8-11-24(25(14-21)42-3)45-17-27(39)38-35-15-20-12-23(33)30(26(13-20)43-4)46-16-19-6-9-22(34)10-7-19/h6-15,29H,5,16-17H2,1-4H3,(H,38,39)(H2,36,37,41)/b35-15-/t29-/m0/s1. The Hall–Kier alpha value is -5.30. The largest absolute Gasteiger partial charge is 0.493 e. The number of esters is 1. The van der Waals surface area contributed by atoms with Crippen molar-refractivity contribution >= 4 is 35.7 Å². The van der Waals surface area contributed by atoms with Crippen LogP contribution in [0.15, 0.2) is 71.0 Å². The number of ether oxygens (including phenoxy) is 5. The van der Waals surface area contributed by atoms with Gasteiger partial charge in [0.05, 0.1) is 43.7 Å². The van der Waals surface area contributed by atoms with Crippen LogP contribution in [0.5, 0.6) is 23.0 Å². The van der Waals surface area contributed by atoms with Crippen LogP contribution in [0.4, 0.5) is 9.18 Å². The Morgan fingerprint density at radius 2 is 1.76 bits per heavy atom. The third-order valence-electron chi connectivity index (χ3n) is 6.60. The smallest absolute Gasteiger partial charge is 0.338 e. The number of nitrogens with zero attached hydrogens (tertiary/aromatic N) is 1. The molecule has 1 heterocycles. The van der Waals surface area contributed by atoms with Gasteiger partial charge in [0.1, 0.15) is 12.4 Å². The molecule has 14 heteroatoms. The molecule has 0 unspecified atom stereocenters. The number of benzene rings is 3. The molecular formula is C32H32ClFN4O8. The van der Waals surface area contributed by atoms with E-state index in [1.54, 1.807) is 56.3 Å². The van der Waals surface area contributed by atoms with Crippen LogP contribution in [0.3, 0.4) is 0 Å². The minimum Gasteiger partial charge on any atom is -0.493 e. The van der Waals surface area contributed by atoms with Crippen molar-refractivity contribution in [3.8, 4) is 23.0 Å². The minimum atomic E-state index is -0.795. The van der Waals surface area contributed by atoms with Gasteiger partial charge in [-0.2, -0.15) is 5.10 Å². The predicted molar refractivity (Wildman–Crippen MR) is 167 cm³/mol. The second-order valence-electron chi connectivity index (χ2n) is 9.73. The highest BCUT2D eigenvalue weighted by molar-refractivity contribution is 6.32. The highest BCUT2D eigenvalue weighted by atomic mass is 35.5. The molecule has 242 valence electrons. The summed E-state index contributed by atoms with van der Waals surface area (Å²) in [6, 6.07) is 12.6. The van der Waals surface area contributed by atoms with Gasteiger partial charge >= 0.3 is 12.0 Å².